The van der Waals surface area contributed by atoms with Crippen molar-refractivity contribution in [3.05, 3.63) is 35.4 Å². The molecular weight excluding hydrogens is 302 g/mol. The van der Waals surface area contributed by atoms with E-state index in [4.69, 9.17) is 10.00 Å². The number of carbonyl (C=O) groups is 1. The Morgan fingerprint density at radius 3 is 2.62 bits per heavy atom. The van der Waals surface area contributed by atoms with Gasteiger partial charge in [-0.05, 0) is 42.5 Å². The van der Waals surface area contributed by atoms with Crippen molar-refractivity contribution in [1.29, 1.82) is 10.5 Å². The Labute approximate surface area is 142 Å². The second-order valence-corrected chi connectivity index (χ2v) is 6.03. The summed E-state index contributed by atoms with van der Waals surface area (Å²) in [7, 11) is 0. The third-order valence-electron chi connectivity index (χ3n) is 4.29. The highest BCUT2D eigenvalue weighted by atomic mass is 16.5. The number of carbonyl (C=O) groups excluding carboxylic acids is 1. The van der Waals surface area contributed by atoms with Crippen molar-refractivity contribution in [2.75, 3.05) is 6.61 Å². The first-order valence-electron chi connectivity index (χ1n) is 8.16. The van der Waals surface area contributed by atoms with Crippen molar-refractivity contribution in [2.24, 2.45) is 5.92 Å². The van der Waals surface area contributed by atoms with Gasteiger partial charge in [-0.1, -0.05) is 31.9 Å². The van der Waals surface area contributed by atoms with Crippen LogP contribution in [0.1, 0.15) is 38.2 Å². The van der Waals surface area contributed by atoms with Gasteiger partial charge in [0.15, 0.2) is 6.61 Å². The molecule has 0 heterocycles. The maximum atomic E-state index is 12.3. The number of nitrogens with zero attached hydrogens (tertiary/aromatic N) is 2. The third kappa shape index (κ3) is 4.86. The molecule has 5 nitrogen and oxygen atoms in total. The summed E-state index contributed by atoms with van der Waals surface area (Å²) < 4.78 is 5.18. The topological polar surface area (TPSA) is 85.9 Å². The molecule has 1 fully saturated rings. The van der Waals surface area contributed by atoms with Crippen LogP contribution in [0.25, 0.3) is 6.08 Å². The minimum absolute atomic E-state index is 0.0133. The lowest BCUT2D eigenvalue weighted by atomic mass is 9.86. The molecule has 2 atom stereocenters. The standard InChI is InChI=1S/C19H21N3O2/c1-14-4-2-3-5-18(14)22-19(23)16(13-21)12-15-6-8-17(9-7-15)24-11-10-20/h6-9,12,14,18H,2-5,11H2,1H3,(H,22,23)/b16-12+/t14-,18+/m1/s1. The average molecular weight is 323 g/mol. The minimum Gasteiger partial charge on any atom is -0.479 e. The molecule has 0 radical (unpaired) electrons. The van der Waals surface area contributed by atoms with E-state index in [-0.39, 0.29) is 24.1 Å². The number of nitriles is 2. The van der Waals surface area contributed by atoms with Crippen LogP contribution in [0.3, 0.4) is 0 Å². The molecule has 0 aromatic heterocycles. The third-order valence-corrected chi connectivity index (χ3v) is 4.29. The molecule has 0 aliphatic heterocycles. The highest BCUT2D eigenvalue weighted by molar-refractivity contribution is 6.01. The van der Waals surface area contributed by atoms with E-state index in [0.29, 0.717) is 11.7 Å². The van der Waals surface area contributed by atoms with Crippen LogP contribution in [0.15, 0.2) is 29.8 Å². The van der Waals surface area contributed by atoms with E-state index >= 15 is 0 Å². The zero-order chi connectivity index (χ0) is 17.4. The van der Waals surface area contributed by atoms with Crippen LogP contribution in [0.2, 0.25) is 0 Å². The number of ether oxygens (including phenoxy) is 1. The fourth-order valence-corrected chi connectivity index (χ4v) is 2.87. The Kier molecular flexibility index (Phi) is 6.40. The smallest absolute Gasteiger partial charge is 0.262 e. The van der Waals surface area contributed by atoms with Gasteiger partial charge in [0, 0.05) is 6.04 Å². The molecule has 1 N–H and O–H groups in total. The van der Waals surface area contributed by atoms with Gasteiger partial charge in [-0.15, -0.1) is 0 Å². The van der Waals surface area contributed by atoms with Gasteiger partial charge in [0.05, 0.1) is 0 Å². The molecule has 1 aliphatic rings. The molecule has 1 aromatic carbocycles. The number of hydrogen-bond acceptors (Lipinski definition) is 4. The van der Waals surface area contributed by atoms with E-state index in [2.05, 4.69) is 12.2 Å². The van der Waals surface area contributed by atoms with Crippen LogP contribution < -0.4 is 10.1 Å². The Morgan fingerprint density at radius 1 is 1.29 bits per heavy atom. The number of nitrogens with one attached hydrogen (secondary N) is 1. The molecule has 1 aliphatic carbocycles. The molecule has 1 aromatic rings. The van der Waals surface area contributed by atoms with Gasteiger partial charge in [0.1, 0.15) is 23.5 Å². The second kappa shape index (κ2) is 8.74. The van der Waals surface area contributed by atoms with Crippen molar-refractivity contribution in [3.63, 3.8) is 0 Å². The van der Waals surface area contributed by atoms with Gasteiger partial charge in [0.2, 0.25) is 0 Å². The van der Waals surface area contributed by atoms with Gasteiger partial charge in [0.25, 0.3) is 5.91 Å². The lowest BCUT2D eigenvalue weighted by Crippen LogP contribution is -2.41. The predicted molar refractivity (Wildman–Crippen MR) is 90.7 cm³/mol. The van der Waals surface area contributed by atoms with Crippen LogP contribution in [0, 0.1) is 28.6 Å². The van der Waals surface area contributed by atoms with E-state index in [1.807, 2.05) is 12.1 Å². The van der Waals surface area contributed by atoms with E-state index in [1.54, 1.807) is 30.3 Å². The fourth-order valence-electron chi connectivity index (χ4n) is 2.87. The molecule has 0 saturated heterocycles. The van der Waals surface area contributed by atoms with Gasteiger partial charge in [-0.2, -0.15) is 10.5 Å². The Hall–Kier alpha value is -2.79. The lowest BCUT2D eigenvalue weighted by Gasteiger charge is -2.29. The monoisotopic (exact) mass is 323 g/mol. The van der Waals surface area contributed by atoms with Crippen molar-refractivity contribution in [2.45, 2.75) is 38.6 Å². The summed E-state index contributed by atoms with van der Waals surface area (Å²) in [6, 6.07) is 10.9. The zero-order valence-corrected chi connectivity index (χ0v) is 13.8. The Morgan fingerprint density at radius 2 is 2.00 bits per heavy atom. The maximum absolute atomic E-state index is 12.3. The minimum atomic E-state index is -0.318. The predicted octanol–water partition coefficient (Wildman–Crippen LogP) is 3.19. The summed E-state index contributed by atoms with van der Waals surface area (Å²) in [4.78, 5) is 12.3. The Bertz CT molecular complexity index is 680. The van der Waals surface area contributed by atoms with E-state index in [0.717, 1.165) is 24.8 Å². The highest BCUT2D eigenvalue weighted by Crippen LogP contribution is 2.24. The first-order valence-corrected chi connectivity index (χ1v) is 8.16. The largest absolute Gasteiger partial charge is 0.479 e. The van der Waals surface area contributed by atoms with Crippen LogP contribution in [-0.2, 0) is 4.79 Å². The van der Waals surface area contributed by atoms with Gasteiger partial charge >= 0.3 is 0 Å². The van der Waals surface area contributed by atoms with E-state index < -0.39 is 0 Å². The number of rotatable bonds is 5. The summed E-state index contributed by atoms with van der Waals surface area (Å²) in [6.45, 7) is 2.13. The first kappa shape index (κ1) is 17.6. The number of hydrogen-bond donors (Lipinski definition) is 1. The summed E-state index contributed by atoms with van der Waals surface area (Å²) in [5.41, 5.74) is 0.834. The molecule has 0 spiro atoms. The van der Waals surface area contributed by atoms with E-state index in [9.17, 15) is 10.1 Å². The maximum Gasteiger partial charge on any atom is 0.262 e. The summed E-state index contributed by atoms with van der Waals surface area (Å²) >= 11 is 0. The van der Waals surface area contributed by atoms with Gasteiger partial charge in [-0.25, -0.2) is 0 Å². The SMILES string of the molecule is C[C@@H]1CCCC[C@@H]1NC(=O)/C(C#N)=C/c1ccc(OCC#N)cc1. The first-order chi connectivity index (χ1) is 11.6. The molecule has 5 heteroatoms. The van der Waals surface area contributed by atoms with Gasteiger partial charge in [-0.3, -0.25) is 4.79 Å². The summed E-state index contributed by atoms with van der Waals surface area (Å²) in [6.07, 6.45) is 5.97. The van der Waals surface area contributed by atoms with Crippen molar-refractivity contribution in [1.82, 2.24) is 5.32 Å². The average Bonchev–Trinajstić information content (AvgIpc) is 2.60. The normalized spacial score (nSPS) is 20.5. The molecule has 0 unspecified atom stereocenters. The second-order valence-electron chi connectivity index (χ2n) is 6.03. The Balaban J connectivity index is 2.04. The van der Waals surface area contributed by atoms with Crippen molar-refractivity contribution >= 4 is 12.0 Å². The van der Waals surface area contributed by atoms with Crippen LogP contribution in [0.4, 0.5) is 0 Å². The van der Waals surface area contributed by atoms with Crippen LogP contribution in [-0.4, -0.2) is 18.6 Å². The van der Waals surface area contributed by atoms with Crippen molar-refractivity contribution < 1.29 is 9.53 Å². The van der Waals surface area contributed by atoms with E-state index in [1.165, 1.54) is 6.42 Å². The fraction of sp³-hybridized carbons (Fsp3) is 0.421. The molecule has 0 bridgehead atoms. The summed E-state index contributed by atoms with van der Waals surface area (Å²) in [5, 5.41) is 20.8. The summed E-state index contributed by atoms with van der Waals surface area (Å²) in [5.74, 6) is 0.702. The van der Waals surface area contributed by atoms with Crippen LogP contribution in [0.5, 0.6) is 5.75 Å². The molecule has 1 saturated carbocycles. The highest BCUT2D eigenvalue weighted by Gasteiger charge is 2.23. The van der Waals surface area contributed by atoms with Crippen LogP contribution >= 0.6 is 0 Å². The molecular formula is C19H21N3O2. The quantitative estimate of drug-likeness (QED) is 0.666. The molecule has 24 heavy (non-hydrogen) atoms. The molecule has 1 amide bonds. The lowest BCUT2D eigenvalue weighted by molar-refractivity contribution is -0.118. The van der Waals surface area contributed by atoms with Crippen molar-refractivity contribution in [3.8, 4) is 17.9 Å². The molecule has 124 valence electrons. The number of benzene rings is 1. The molecule has 2 rings (SSSR count). The zero-order valence-electron chi connectivity index (χ0n) is 13.8. The van der Waals surface area contributed by atoms with Gasteiger partial charge < -0.3 is 10.1 Å². The number of amides is 1.